The van der Waals surface area contributed by atoms with Crippen LogP contribution in [0.2, 0.25) is 0 Å². The van der Waals surface area contributed by atoms with Crippen molar-refractivity contribution in [1.82, 2.24) is 4.40 Å². The SMILES string of the molecule is c1ccc(-c2c3cc(-c4ccc(N(c5ccccc5)c5cccc6ccccc56)cc4)ccc3n3c2oc2ccccc23)cc1. The normalized spacial score (nSPS) is 11.6. The van der Waals surface area contributed by atoms with Gasteiger partial charge in [-0.05, 0) is 76.7 Å². The Bertz CT molecular complexity index is 2470. The largest absolute Gasteiger partial charge is 0.438 e. The summed E-state index contributed by atoms with van der Waals surface area (Å²) in [5.74, 6) is 0. The molecule has 0 saturated heterocycles. The summed E-state index contributed by atoms with van der Waals surface area (Å²) in [6.07, 6.45) is 0. The van der Waals surface area contributed by atoms with Gasteiger partial charge < -0.3 is 9.32 Å². The smallest absolute Gasteiger partial charge is 0.213 e. The molecule has 2 heterocycles. The van der Waals surface area contributed by atoms with Crippen LogP contribution < -0.4 is 4.90 Å². The zero-order valence-corrected chi connectivity index (χ0v) is 24.5. The van der Waals surface area contributed by atoms with Crippen LogP contribution in [0.4, 0.5) is 17.1 Å². The van der Waals surface area contributed by atoms with Crippen molar-refractivity contribution in [2.45, 2.75) is 0 Å². The number of fused-ring (bicyclic) bond motifs is 6. The standard InChI is InChI=1S/C42H28N2O/c1-3-13-31(14-4-1)41-36-28-32(24-27-38(36)44-39-19-9-10-21-40(39)45-42(41)44)29-22-25-34(26-23-29)43(33-16-5-2-6-17-33)37-20-11-15-30-12-7-8-18-35(30)37/h1-28H. The van der Waals surface area contributed by atoms with Gasteiger partial charge in [0.25, 0.3) is 0 Å². The second kappa shape index (κ2) is 10.3. The quantitative estimate of drug-likeness (QED) is 0.203. The lowest BCUT2D eigenvalue weighted by atomic mass is 9.99. The van der Waals surface area contributed by atoms with Gasteiger partial charge in [-0.3, -0.25) is 4.40 Å². The van der Waals surface area contributed by atoms with E-state index in [0.717, 1.165) is 50.5 Å². The molecule has 212 valence electrons. The number of nitrogens with zero attached hydrogens (tertiary/aromatic N) is 2. The molecule has 45 heavy (non-hydrogen) atoms. The average molecular weight is 577 g/mol. The van der Waals surface area contributed by atoms with E-state index in [1.807, 2.05) is 12.1 Å². The van der Waals surface area contributed by atoms with Crippen molar-refractivity contribution >= 4 is 55.6 Å². The minimum atomic E-state index is 0.874. The van der Waals surface area contributed by atoms with Crippen LogP contribution >= 0.6 is 0 Å². The summed E-state index contributed by atoms with van der Waals surface area (Å²) in [5, 5.41) is 3.62. The summed E-state index contributed by atoms with van der Waals surface area (Å²) in [6, 6.07) is 60.2. The van der Waals surface area contributed by atoms with Crippen LogP contribution in [0.25, 0.3) is 60.7 Å². The summed E-state index contributed by atoms with van der Waals surface area (Å²) >= 11 is 0. The van der Waals surface area contributed by atoms with E-state index in [1.165, 1.54) is 27.3 Å². The molecule has 7 aromatic carbocycles. The van der Waals surface area contributed by atoms with Crippen molar-refractivity contribution in [3.8, 4) is 22.3 Å². The summed E-state index contributed by atoms with van der Waals surface area (Å²) in [7, 11) is 0. The minimum Gasteiger partial charge on any atom is -0.438 e. The number of aromatic nitrogens is 1. The third kappa shape index (κ3) is 4.13. The molecule has 3 heteroatoms. The van der Waals surface area contributed by atoms with Gasteiger partial charge in [-0.15, -0.1) is 0 Å². The molecule has 0 saturated carbocycles. The minimum absolute atomic E-state index is 0.874. The fourth-order valence-electron chi connectivity index (χ4n) is 6.71. The number of rotatable bonds is 5. The molecule has 0 aliphatic carbocycles. The highest BCUT2D eigenvalue weighted by molar-refractivity contribution is 6.08. The first-order chi connectivity index (χ1) is 22.3. The van der Waals surface area contributed by atoms with Gasteiger partial charge in [-0.25, -0.2) is 0 Å². The van der Waals surface area contributed by atoms with Crippen LogP contribution in [-0.4, -0.2) is 4.40 Å². The lowest BCUT2D eigenvalue weighted by Crippen LogP contribution is -2.10. The van der Waals surface area contributed by atoms with Gasteiger partial charge in [0.2, 0.25) is 5.71 Å². The third-order valence-electron chi connectivity index (χ3n) is 8.78. The highest BCUT2D eigenvalue weighted by atomic mass is 16.3. The summed E-state index contributed by atoms with van der Waals surface area (Å²) < 4.78 is 8.73. The second-order valence-electron chi connectivity index (χ2n) is 11.4. The van der Waals surface area contributed by atoms with E-state index in [-0.39, 0.29) is 0 Å². The highest BCUT2D eigenvalue weighted by Crippen LogP contribution is 2.42. The second-order valence-corrected chi connectivity index (χ2v) is 11.4. The van der Waals surface area contributed by atoms with Gasteiger partial charge in [-0.1, -0.05) is 115 Å². The van der Waals surface area contributed by atoms with Crippen molar-refractivity contribution in [2.24, 2.45) is 0 Å². The Balaban J connectivity index is 1.19. The van der Waals surface area contributed by atoms with E-state index in [0.29, 0.717) is 0 Å². The molecule has 0 amide bonds. The Hall–Kier alpha value is -6.06. The van der Waals surface area contributed by atoms with Gasteiger partial charge in [0.15, 0.2) is 5.58 Å². The maximum Gasteiger partial charge on any atom is 0.213 e. The van der Waals surface area contributed by atoms with Crippen molar-refractivity contribution in [3.05, 3.63) is 170 Å². The van der Waals surface area contributed by atoms with E-state index in [2.05, 4.69) is 167 Å². The van der Waals surface area contributed by atoms with Crippen molar-refractivity contribution in [1.29, 1.82) is 0 Å². The van der Waals surface area contributed by atoms with Crippen LogP contribution in [0.1, 0.15) is 0 Å². The van der Waals surface area contributed by atoms with E-state index in [4.69, 9.17) is 4.42 Å². The number of hydrogen-bond donors (Lipinski definition) is 0. The molecule has 0 spiro atoms. The van der Waals surface area contributed by atoms with E-state index in [9.17, 15) is 0 Å². The molecule has 0 atom stereocenters. The van der Waals surface area contributed by atoms with E-state index >= 15 is 0 Å². The summed E-state index contributed by atoms with van der Waals surface area (Å²) in [4.78, 5) is 2.34. The topological polar surface area (TPSA) is 20.8 Å². The number of hydrogen-bond acceptors (Lipinski definition) is 2. The van der Waals surface area contributed by atoms with E-state index in [1.54, 1.807) is 0 Å². The molecule has 0 radical (unpaired) electrons. The van der Waals surface area contributed by atoms with Crippen molar-refractivity contribution in [2.75, 3.05) is 4.90 Å². The molecular formula is C42H28N2O. The van der Waals surface area contributed by atoms with Gasteiger partial charge >= 0.3 is 0 Å². The molecule has 0 aliphatic rings. The Morgan fingerprint density at radius 3 is 1.96 bits per heavy atom. The molecule has 0 bridgehead atoms. The first-order valence-corrected chi connectivity index (χ1v) is 15.3. The van der Waals surface area contributed by atoms with Crippen molar-refractivity contribution in [3.63, 3.8) is 0 Å². The van der Waals surface area contributed by atoms with Gasteiger partial charge in [0, 0.05) is 22.1 Å². The van der Waals surface area contributed by atoms with Crippen LogP contribution in [0.3, 0.4) is 0 Å². The fourth-order valence-corrected chi connectivity index (χ4v) is 6.71. The first kappa shape index (κ1) is 25.4. The van der Waals surface area contributed by atoms with Crippen LogP contribution in [0.15, 0.2) is 174 Å². The predicted molar refractivity (Wildman–Crippen MR) is 188 cm³/mol. The van der Waals surface area contributed by atoms with E-state index < -0.39 is 0 Å². The zero-order chi connectivity index (χ0) is 29.7. The molecule has 2 aromatic heterocycles. The van der Waals surface area contributed by atoms with Gasteiger partial charge in [-0.2, -0.15) is 0 Å². The number of benzene rings is 7. The molecule has 9 rings (SSSR count). The molecule has 3 nitrogen and oxygen atoms in total. The van der Waals surface area contributed by atoms with Crippen molar-refractivity contribution < 1.29 is 4.42 Å². The fraction of sp³-hybridized carbons (Fsp3) is 0. The zero-order valence-electron chi connectivity index (χ0n) is 24.5. The Labute approximate surface area is 260 Å². The molecule has 0 unspecified atom stereocenters. The monoisotopic (exact) mass is 576 g/mol. The highest BCUT2D eigenvalue weighted by Gasteiger charge is 2.20. The number of oxazole rings is 1. The maximum atomic E-state index is 6.48. The molecule has 0 aliphatic heterocycles. The van der Waals surface area contributed by atoms with Gasteiger partial charge in [0.05, 0.1) is 22.3 Å². The Morgan fingerprint density at radius 2 is 1.11 bits per heavy atom. The maximum absolute atomic E-state index is 6.48. The molecule has 0 N–H and O–H groups in total. The third-order valence-corrected chi connectivity index (χ3v) is 8.78. The summed E-state index contributed by atoms with van der Waals surface area (Å²) in [5.41, 5.74) is 12.0. The first-order valence-electron chi connectivity index (χ1n) is 15.3. The van der Waals surface area contributed by atoms with Crippen LogP contribution in [0, 0.1) is 0 Å². The van der Waals surface area contributed by atoms with Crippen LogP contribution in [-0.2, 0) is 0 Å². The predicted octanol–water partition coefficient (Wildman–Crippen LogP) is 11.8. The Morgan fingerprint density at radius 1 is 0.444 bits per heavy atom. The molecular weight excluding hydrogens is 548 g/mol. The number of anilines is 3. The lowest BCUT2D eigenvalue weighted by Gasteiger charge is -2.27. The Kier molecular flexibility index (Phi) is 5.82. The number of para-hydroxylation sites is 3. The summed E-state index contributed by atoms with van der Waals surface area (Å²) in [6.45, 7) is 0. The lowest BCUT2D eigenvalue weighted by molar-refractivity contribution is 0.658. The average Bonchev–Trinajstić information content (AvgIpc) is 3.64. The molecule has 9 aromatic rings. The molecule has 0 fully saturated rings. The van der Waals surface area contributed by atoms with Gasteiger partial charge in [0.1, 0.15) is 0 Å². The van der Waals surface area contributed by atoms with Crippen LogP contribution in [0.5, 0.6) is 0 Å².